The number of aliphatic hydroxyl groups is 1. The standard InChI is InChI=1S/C14H26N4O6S/c1-7(2)3-9(14(23)24)17-11(20)4-16-13(22)10(5-19)18-12(21)8(15)6-25/h7-10,19,25H,3-6,15H2,1-2H3,(H,16,22)(H,17,20)(H,18,21)(H,23,24). The van der Waals surface area contributed by atoms with Crippen molar-refractivity contribution in [2.75, 3.05) is 18.9 Å². The number of hydrogen-bond donors (Lipinski definition) is 7. The molecule has 0 aromatic rings. The highest BCUT2D eigenvalue weighted by Gasteiger charge is 2.24. The first-order valence-electron chi connectivity index (χ1n) is 7.69. The summed E-state index contributed by atoms with van der Waals surface area (Å²) in [5, 5.41) is 25.0. The normalized spacial score (nSPS) is 14.3. The first-order valence-corrected chi connectivity index (χ1v) is 8.33. The third-order valence-electron chi connectivity index (χ3n) is 3.11. The van der Waals surface area contributed by atoms with Crippen LogP contribution in [0.5, 0.6) is 0 Å². The van der Waals surface area contributed by atoms with Crippen molar-refractivity contribution in [3.63, 3.8) is 0 Å². The molecule has 7 N–H and O–H groups in total. The van der Waals surface area contributed by atoms with Crippen LogP contribution in [0.15, 0.2) is 0 Å². The van der Waals surface area contributed by atoms with Crippen LogP contribution in [0.25, 0.3) is 0 Å². The number of rotatable bonds is 11. The van der Waals surface area contributed by atoms with Crippen molar-refractivity contribution in [2.45, 2.75) is 38.4 Å². The summed E-state index contributed by atoms with van der Waals surface area (Å²) in [6.07, 6.45) is 0.242. The number of nitrogens with one attached hydrogen (secondary N) is 3. The van der Waals surface area contributed by atoms with Crippen LogP contribution in [0.3, 0.4) is 0 Å². The molecule has 0 radical (unpaired) electrons. The van der Waals surface area contributed by atoms with Gasteiger partial charge in [0.25, 0.3) is 0 Å². The first kappa shape index (κ1) is 23.1. The third-order valence-corrected chi connectivity index (χ3v) is 3.51. The van der Waals surface area contributed by atoms with Gasteiger partial charge in [-0.15, -0.1) is 0 Å². The van der Waals surface area contributed by atoms with Gasteiger partial charge in [-0.25, -0.2) is 4.79 Å². The smallest absolute Gasteiger partial charge is 0.326 e. The number of aliphatic carboxylic acids is 1. The van der Waals surface area contributed by atoms with E-state index in [1.54, 1.807) is 0 Å². The fourth-order valence-corrected chi connectivity index (χ4v) is 1.95. The van der Waals surface area contributed by atoms with Crippen molar-refractivity contribution in [3.8, 4) is 0 Å². The van der Waals surface area contributed by atoms with Crippen LogP contribution in [0, 0.1) is 5.92 Å². The average molecular weight is 378 g/mol. The summed E-state index contributed by atoms with van der Waals surface area (Å²) in [4.78, 5) is 46.3. The molecule has 3 amide bonds. The molecule has 25 heavy (non-hydrogen) atoms. The number of amides is 3. The van der Waals surface area contributed by atoms with Gasteiger partial charge in [-0.2, -0.15) is 12.6 Å². The molecule has 0 aromatic carbocycles. The van der Waals surface area contributed by atoms with Crippen molar-refractivity contribution < 1.29 is 29.4 Å². The molecule has 0 spiro atoms. The van der Waals surface area contributed by atoms with E-state index in [0.717, 1.165) is 0 Å². The highest BCUT2D eigenvalue weighted by molar-refractivity contribution is 7.80. The van der Waals surface area contributed by atoms with Crippen molar-refractivity contribution in [1.82, 2.24) is 16.0 Å². The molecule has 144 valence electrons. The lowest BCUT2D eigenvalue weighted by molar-refractivity contribution is -0.142. The number of thiol groups is 1. The van der Waals surface area contributed by atoms with Gasteiger partial charge in [-0.3, -0.25) is 14.4 Å². The minimum Gasteiger partial charge on any atom is -0.480 e. The number of carbonyl (C=O) groups is 4. The monoisotopic (exact) mass is 378 g/mol. The van der Waals surface area contributed by atoms with E-state index >= 15 is 0 Å². The summed E-state index contributed by atoms with van der Waals surface area (Å²) in [5.74, 6) is -3.22. The van der Waals surface area contributed by atoms with Crippen molar-refractivity contribution in [2.24, 2.45) is 11.7 Å². The maximum atomic E-state index is 11.9. The highest BCUT2D eigenvalue weighted by atomic mass is 32.1. The Kier molecular flexibility index (Phi) is 10.8. The molecule has 0 saturated carbocycles. The van der Waals surface area contributed by atoms with Gasteiger partial charge in [0.05, 0.1) is 19.2 Å². The number of carboxylic acid groups (broad SMARTS) is 1. The van der Waals surface area contributed by atoms with E-state index in [2.05, 4.69) is 28.6 Å². The van der Waals surface area contributed by atoms with E-state index in [9.17, 15) is 19.2 Å². The predicted molar refractivity (Wildman–Crippen MR) is 92.9 cm³/mol. The van der Waals surface area contributed by atoms with Gasteiger partial charge in [0, 0.05) is 5.75 Å². The van der Waals surface area contributed by atoms with Gasteiger partial charge in [0.1, 0.15) is 12.1 Å². The van der Waals surface area contributed by atoms with Crippen LogP contribution in [-0.4, -0.2) is 70.9 Å². The summed E-state index contributed by atoms with van der Waals surface area (Å²) in [6.45, 7) is 2.44. The Labute approximate surface area is 151 Å². The SMILES string of the molecule is CC(C)CC(NC(=O)CNC(=O)C(CO)NC(=O)C(N)CS)C(=O)O. The summed E-state index contributed by atoms with van der Waals surface area (Å²) in [5.41, 5.74) is 5.44. The lowest BCUT2D eigenvalue weighted by Crippen LogP contribution is -2.55. The molecule has 0 aliphatic carbocycles. The van der Waals surface area contributed by atoms with E-state index in [0.29, 0.717) is 0 Å². The largest absolute Gasteiger partial charge is 0.480 e. The zero-order valence-corrected chi connectivity index (χ0v) is 15.1. The zero-order valence-electron chi connectivity index (χ0n) is 14.2. The van der Waals surface area contributed by atoms with E-state index < -0.39 is 55.0 Å². The number of hydrogen-bond acceptors (Lipinski definition) is 7. The quantitative estimate of drug-likeness (QED) is 0.194. The molecule has 0 bridgehead atoms. The summed E-state index contributed by atoms with van der Waals surface area (Å²) < 4.78 is 0. The Morgan fingerprint density at radius 1 is 1.08 bits per heavy atom. The lowest BCUT2D eigenvalue weighted by Gasteiger charge is -2.19. The van der Waals surface area contributed by atoms with Crippen LogP contribution in [0.4, 0.5) is 0 Å². The summed E-state index contributed by atoms with van der Waals surface area (Å²) in [6, 6.07) is -3.29. The first-order chi connectivity index (χ1) is 11.6. The molecule has 0 aliphatic rings. The molecular weight excluding hydrogens is 352 g/mol. The van der Waals surface area contributed by atoms with Crippen LogP contribution < -0.4 is 21.7 Å². The number of aliphatic hydroxyl groups excluding tert-OH is 1. The Bertz CT molecular complexity index is 488. The van der Waals surface area contributed by atoms with Crippen molar-refractivity contribution in [3.05, 3.63) is 0 Å². The van der Waals surface area contributed by atoms with Gasteiger partial charge in [-0.1, -0.05) is 13.8 Å². The Hall–Kier alpha value is -1.85. The van der Waals surface area contributed by atoms with E-state index in [1.807, 2.05) is 13.8 Å². The maximum Gasteiger partial charge on any atom is 0.326 e. The van der Waals surface area contributed by atoms with Crippen LogP contribution in [0.2, 0.25) is 0 Å². The second-order valence-corrected chi connectivity index (χ2v) is 6.20. The number of carbonyl (C=O) groups excluding carboxylic acids is 3. The third kappa shape index (κ3) is 9.27. The molecule has 3 atom stereocenters. The maximum absolute atomic E-state index is 11.9. The zero-order chi connectivity index (χ0) is 19.6. The molecule has 0 aliphatic heterocycles. The minimum atomic E-state index is -1.28. The van der Waals surface area contributed by atoms with Crippen LogP contribution in [0.1, 0.15) is 20.3 Å². The molecule has 0 rings (SSSR count). The van der Waals surface area contributed by atoms with Gasteiger partial charge in [0.2, 0.25) is 17.7 Å². The molecular formula is C14H26N4O6S. The Morgan fingerprint density at radius 3 is 2.12 bits per heavy atom. The molecule has 0 saturated heterocycles. The van der Waals surface area contributed by atoms with Crippen molar-refractivity contribution in [1.29, 1.82) is 0 Å². The molecule has 3 unspecified atom stereocenters. The minimum absolute atomic E-state index is 0.0560. The number of carboxylic acids is 1. The van der Waals surface area contributed by atoms with Crippen LogP contribution >= 0.6 is 12.6 Å². The second kappa shape index (κ2) is 11.7. The van der Waals surface area contributed by atoms with Gasteiger partial charge in [0.15, 0.2) is 0 Å². The summed E-state index contributed by atoms with van der Waals surface area (Å²) in [7, 11) is 0. The topological polar surface area (TPSA) is 171 Å². The van der Waals surface area contributed by atoms with E-state index in [4.69, 9.17) is 15.9 Å². The molecule has 0 fully saturated rings. The Balaban J connectivity index is 4.51. The average Bonchev–Trinajstić information content (AvgIpc) is 2.55. The lowest BCUT2D eigenvalue weighted by atomic mass is 10.0. The Morgan fingerprint density at radius 2 is 1.68 bits per heavy atom. The molecule has 10 nitrogen and oxygen atoms in total. The molecule has 0 heterocycles. The predicted octanol–water partition coefficient (Wildman–Crippen LogP) is -2.55. The summed E-state index contributed by atoms with van der Waals surface area (Å²) >= 11 is 3.85. The van der Waals surface area contributed by atoms with E-state index in [-0.39, 0.29) is 18.1 Å². The van der Waals surface area contributed by atoms with Gasteiger partial charge >= 0.3 is 5.97 Å². The van der Waals surface area contributed by atoms with Gasteiger partial charge < -0.3 is 31.9 Å². The van der Waals surface area contributed by atoms with Crippen molar-refractivity contribution >= 4 is 36.3 Å². The highest BCUT2D eigenvalue weighted by Crippen LogP contribution is 2.04. The van der Waals surface area contributed by atoms with Gasteiger partial charge in [-0.05, 0) is 12.3 Å². The fraction of sp³-hybridized carbons (Fsp3) is 0.714. The molecule has 11 heteroatoms. The van der Waals surface area contributed by atoms with E-state index in [1.165, 1.54) is 0 Å². The molecule has 0 aromatic heterocycles. The second-order valence-electron chi connectivity index (χ2n) is 5.84. The fourth-order valence-electron chi connectivity index (χ4n) is 1.78. The number of nitrogens with two attached hydrogens (primary N) is 1. The van der Waals surface area contributed by atoms with Crippen LogP contribution in [-0.2, 0) is 19.2 Å².